The molecule has 1 aliphatic heterocycles. The summed E-state index contributed by atoms with van der Waals surface area (Å²) in [6, 6.07) is 0. The smallest absolute Gasteiger partial charge is 0.290 e. The molecule has 1 aliphatic rings. The standard InChI is InChI=1S/C8H11N3OS/c1-11-8(12)7-6(5-10-11)13-4-2-3-9-7/h5,9H,2-4H2,1H3. The Bertz CT molecular complexity index is 374. The van der Waals surface area contributed by atoms with E-state index in [0.29, 0.717) is 5.69 Å². The van der Waals surface area contributed by atoms with Gasteiger partial charge >= 0.3 is 0 Å². The quantitative estimate of drug-likeness (QED) is 0.664. The Balaban J connectivity index is 2.54. The number of fused-ring (bicyclic) bond motifs is 1. The van der Waals surface area contributed by atoms with E-state index in [1.54, 1.807) is 25.0 Å². The molecule has 5 heteroatoms. The largest absolute Gasteiger partial charge is 0.380 e. The van der Waals surface area contributed by atoms with Gasteiger partial charge in [0.2, 0.25) is 0 Å². The summed E-state index contributed by atoms with van der Waals surface area (Å²) in [5.41, 5.74) is 0.673. The van der Waals surface area contributed by atoms with Crippen LogP contribution < -0.4 is 10.9 Å². The Hall–Kier alpha value is -0.970. The molecule has 0 amide bonds. The summed E-state index contributed by atoms with van der Waals surface area (Å²) in [5.74, 6) is 1.05. The highest BCUT2D eigenvalue weighted by molar-refractivity contribution is 7.99. The van der Waals surface area contributed by atoms with Crippen LogP contribution in [0.4, 0.5) is 5.69 Å². The normalized spacial score (nSPS) is 15.8. The number of nitrogens with one attached hydrogen (secondary N) is 1. The van der Waals surface area contributed by atoms with E-state index < -0.39 is 0 Å². The van der Waals surface area contributed by atoms with Crippen molar-refractivity contribution in [3.05, 3.63) is 16.6 Å². The van der Waals surface area contributed by atoms with Gasteiger partial charge in [0, 0.05) is 13.6 Å². The lowest BCUT2D eigenvalue weighted by Gasteiger charge is -2.05. The second-order valence-electron chi connectivity index (χ2n) is 2.94. The predicted molar refractivity (Wildman–Crippen MR) is 53.3 cm³/mol. The average Bonchev–Trinajstić information content (AvgIpc) is 2.36. The Kier molecular flexibility index (Phi) is 2.26. The van der Waals surface area contributed by atoms with E-state index in [4.69, 9.17) is 0 Å². The molecule has 0 radical (unpaired) electrons. The lowest BCUT2D eigenvalue weighted by molar-refractivity contribution is 0.698. The topological polar surface area (TPSA) is 46.9 Å². The third-order valence-corrected chi connectivity index (χ3v) is 3.10. The second kappa shape index (κ2) is 3.41. The van der Waals surface area contributed by atoms with E-state index >= 15 is 0 Å². The third kappa shape index (κ3) is 1.56. The molecule has 13 heavy (non-hydrogen) atoms. The number of rotatable bonds is 0. The zero-order valence-corrected chi connectivity index (χ0v) is 8.23. The Morgan fingerprint density at radius 3 is 3.38 bits per heavy atom. The van der Waals surface area contributed by atoms with Crippen molar-refractivity contribution in [2.45, 2.75) is 11.3 Å². The van der Waals surface area contributed by atoms with E-state index in [0.717, 1.165) is 23.6 Å². The van der Waals surface area contributed by atoms with E-state index in [-0.39, 0.29) is 5.56 Å². The summed E-state index contributed by atoms with van der Waals surface area (Å²) in [5, 5.41) is 7.12. The Morgan fingerprint density at radius 2 is 2.54 bits per heavy atom. The molecule has 0 fully saturated rings. The van der Waals surface area contributed by atoms with Crippen LogP contribution in [0.2, 0.25) is 0 Å². The van der Waals surface area contributed by atoms with Gasteiger partial charge in [-0.05, 0) is 12.2 Å². The molecule has 0 bridgehead atoms. The minimum atomic E-state index is -0.0353. The first-order valence-corrected chi connectivity index (χ1v) is 5.20. The van der Waals surface area contributed by atoms with Gasteiger partial charge in [0.25, 0.3) is 5.56 Å². The molecule has 0 unspecified atom stereocenters. The van der Waals surface area contributed by atoms with Crippen LogP contribution in [0.25, 0.3) is 0 Å². The van der Waals surface area contributed by atoms with Crippen LogP contribution in [-0.4, -0.2) is 22.1 Å². The Morgan fingerprint density at radius 1 is 1.69 bits per heavy atom. The molecule has 2 heterocycles. The number of aryl methyl sites for hydroxylation is 1. The maximum Gasteiger partial charge on any atom is 0.290 e. The molecule has 0 aromatic carbocycles. The van der Waals surface area contributed by atoms with Gasteiger partial charge in [0.05, 0.1) is 11.1 Å². The van der Waals surface area contributed by atoms with Crippen molar-refractivity contribution < 1.29 is 0 Å². The molecule has 1 N–H and O–H groups in total. The average molecular weight is 197 g/mol. The van der Waals surface area contributed by atoms with Gasteiger partial charge in [-0.25, -0.2) is 4.68 Å². The van der Waals surface area contributed by atoms with Gasteiger partial charge in [-0.3, -0.25) is 4.79 Å². The zero-order chi connectivity index (χ0) is 9.26. The third-order valence-electron chi connectivity index (χ3n) is 1.98. The van der Waals surface area contributed by atoms with Crippen LogP contribution in [0.3, 0.4) is 0 Å². The summed E-state index contributed by atoms with van der Waals surface area (Å²) >= 11 is 1.69. The molecule has 0 saturated heterocycles. The van der Waals surface area contributed by atoms with E-state index in [1.165, 1.54) is 4.68 Å². The molecular formula is C8H11N3OS. The van der Waals surface area contributed by atoms with Crippen molar-refractivity contribution >= 4 is 17.4 Å². The van der Waals surface area contributed by atoms with Crippen molar-refractivity contribution in [1.82, 2.24) is 9.78 Å². The van der Waals surface area contributed by atoms with Gasteiger partial charge in [0.15, 0.2) is 0 Å². The highest BCUT2D eigenvalue weighted by Gasteiger charge is 2.12. The van der Waals surface area contributed by atoms with E-state index in [2.05, 4.69) is 10.4 Å². The van der Waals surface area contributed by atoms with Crippen molar-refractivity contribution in [3.8, 4) is 0 Å². The minimum absolute atomic E-state index is 0.0353. The maximum atomic E-state index is 11.6. The van der Waals surface area contributed by atoms with Crippen molar-refractivity contribution in [1.29, 1.82) is 0 Å². The summed E-state index contributed by atoms with van der Waals surface area (Å²) in [6.07, 6.45) is 2.84. The van der Waals surface area contributed by atoms with Gasteiger partial charge in [0.1, 0.15) is 5.69 Å². The van der Waals surface area contributed by atoms with Crippen LogP contribution in [0, 0.1) is 0 Å². The summed E-state index contributed by atoms with van der Waals surface area (Å²) in [4.78, 5) is 12.6. The van der Waals surface area contributed by atoms with Gasteiger partial charge in [-0.2, -0.15) is 5.10 Å². The SMILES string of the molecule is Cn1ncc2c(c1=O)NCCCS2. The van der Waals surface area contributed by atoms with Crippen LogP contribution >= 0.6 is 11.8 Å². The number of thioether (sulfide) groups is 1. The Labute approximate surface area is 80.3 Å². The van der Waals surface area contributed by atoms with Gasteiger partial charge in [-0.15, -0.1) is 11.8 Å². The second-order valence-corrected chi connectivity index (χ2v) is 4.08. The molecular weight excluding hydrogens is 186 g/mol. The molecule has 0 spiro atoms. The molecule has 0 atom stereocenters. The fraction of sp³-hybridized carbons (Fsp3) is 0.500. The summed E-state index contributed by atoms with van der Waals surface area (Å²) in [6.45, 7) is 0.874. The summed E-state index contributed by atoms with van der Waals surface area (Å²) in [7, 11) is 1.67. The van der Waals surface area contributed by atoms with Crippen LogP contribution in [0.15, 0.2) is 15.9 Å². The zero-order valence-electron chi connectivity index (χ0n) is 7.41. The van der Waals surface area contributed by atoms with Crippen LogP contribution in [-0.2, 0) is 7.05 Å². The van der Waals surface area contributed by atoms with Crippen LogP contribution in [0.1, 0.15) is 6.42 Å². The number of hydrogen-bond donors (Lipinski definition) is 1. The van der Waals surface area contributed by atoms with Crippen molar-refractivity contribution in [2.24, 2.45) is 7.05 Å². The van der Waals surface area contributed by atoms with Gasteiger partial charge in [-0.1, -0.05) is 0 Å². The summed E-state index contributed by atoms with van der Waals surface area (Å²) < 4.78 is 1.36. The molecule has 2 rings (SSSR count). The van der Waals surface area contributed by atoms with Crippen molar-refractivity contribution in [3.63, 3.8) is 0 Å². The molecule has 70 valence electrons. The molecule has 0 saturated carbocycles. The first-order chi connectivity index (χ1) is 6.29. The molecule has 1 aromatic heterocycles. The highest BCUT2D eigenvalue weighted by atomic mass is 32.2. The number of anilines is 1. The molecule has 4 nitrogen and oxygen atoms in total. The van der Waals surface area contributed by atoms with Crippen molar-refractivity contribution in [2.75, 3.05) is 17.6 Å². The van der Waals surface area contributed by atoms with Gasteiger partial charge < -0.3 is 5.32 Å². The number of aromatic nitrogens is 2. The number of nitrogens with zero attached hydrogens (tertiary/aromatic N) is 2. The van der Waals surface area contributed by atoms with E-state index in [9.17, 15) is 4.79 Å². The van der Waals surface area contributed by atoms with E-state index in [1.807, 2.05) is 0 Å². The lowest BCUT2D eigenvalue weighted by atomic mass is 10.4. The first kappa shape index (κ1) is 8.62. The minimum Gasteiger partial charge on any atom is -0.380 e. The highest BCUT2D eigenvalue weighted by Crippen LogP contribution is 2.25. The number of hydrogen-bond acceptors (Lipinski definition) is 4. The molecule has 0 aliphatic carbocycles. The van der Waals surface area contributed by atoms with Crippen LogP contribution in [0.5, 0.6) is 0 Å². The fourth-order valence-electron chi connectivity index (χ4n) is 1.26. The first-order valence-electron chi connectivity index (χ1n) is 4.22. The molecule has 1 aromatic rings. The predicted octanol–water partition coefficient (Wildman–Crippen LogP) is 0.688. The monoisotopic (exact) mass is 197 g/mol. The fourth-order valence-corrected chi connectivity index (χ4v) is 2.20. The lowest BCUT2D eigenvalue weighted by Crippen LogP contribution is -2.23. The maximum absolute atomic E-state index is 11.6.